The van der Waals surface area contributed by atoms with Crippen molar-refractivity contribution < 1.29 is 13.2 Å². The predicted molar refractivity (Wildman–Crippen MR) is 124 cm³/mol. The number of nitrogens with zero attached hydrogens (tertiary/aromatic N) is 1. The molecule has 2 heterocycles. The Morgan fingerprint density at radius 2 is 1.81 bits per heavy atom. The Balaban J connectivity index is 1.29. The van der Waals surface area contributed by atoms with Crippen molar-refractivity contribution in [2.45, 2.75) is 42.4 Å². The molecular formula is C23H29ClN2O3S2. The minimum Gasteiger partial charge on any atom is -0.379 e. The Labute approximate surface area is 193 Å². The summed E-state index contributed by atoms with van der Waals surface area (Å²) in [6, 6.07) is 10.2. The number of fused-ring (bicyclic) bond motifs is 3. The van der Waals surface area contributed by atoms with Gasteiger partial charge >= 0.3 is 0 Å². The first kappa shape index (κ1) is 21.9. The number of rotatable bonds is 6. The van der Waals surface area contributed by atoms with Gasteiger partial charge in [0.15, 0.2) is 0 Å². The van der Waals surface area contributed by atoms with Gasteiger partial charge in [0.1, 0.15) is 4.21 Å². The SMILES string of the molecule is O=S(=O)(NC1C2CCC1Cc1cc(CCN3CCOCC3)ccc1C2)c1ccc(Cl)s1. The van der Waals surface area contributed by atoms with E-state index in [0.717, 1.165) is 76.3 Å². The van der Waals surface area contributed by atoms with Crippen LogP contribution in [0.1, 0.15) is 29.5 Å². The third-order valence-corrected chi connectivity index (χ3v) is 10.3. The van der Waals surface area contributed by atoms with Gasteiger partial charge in [-0.1, -0.05) is 29.8 Å². The van der Waals surface area contributed by atoms with E-state index in [2.05, 4.69) is 27.8 Å². The molecule has 1 saturated heterocycles. The van der Waals surface area contributed by atoms with Gasteiger partial charge in [-0.15, -0.1) is 11.3 Å². The minimum atomic E-state index is -3.53. The lowest BCUT2D eigenvalue weighted by molar-refractivity contribution is 0.0384. The highest BCUT2D eigenvalue weighted by atomic mass is 35.5. The molecule has 2 aliphatic carbocycles. The molecule has 2 bridgehead atoms. The first-order chi connectivity index (χ1) is 15.0. The van der Waals surface area contributed by atoms with Crippen LogP contribution in [0.5, 0.6) is 0 Å². The fourth-order valence-corrected chi connectivity index (χ4v) is 8.28. The smallest absolute Gasteiger partial charge is 0.250 e. The summed E-state index contributed by atoms with van der Waals surface area (Å²) in [4.78, 5) is 2.47. The second-order valence-electron chi connectivity index (χ2n) is 9.02. The van der Waals surface area contributed by atoms with Crippen molar-refractivity contribution in [3.63, 3.8) is 0 Å². The quantitative estimate of drug-likeness (QED) is 0.684. The molecule has 1 aromatic carbocycles. The maximum atomic E-state index is 12.9. The van der Waals surface area contributed by atoms with Crippen LogP contribution in [0.2, 0.25) is 4.34 Å². The van der Waals surface area contributed by atoms with Crippen LogP contribution in [-0.2, 0) is 34.0 Å². The van der Waals surface area contributed by atoms with Crippen LogP contribution < -0.4 is 4.72 Å². The molecule has 0 spiro atoms. The molecular weight excluding hydrogens is 452 g/mol. The predicted octanol–water partition coefficient (Wildman–Crippen LogP) is 3.75. The Hall–Kier alpha value is -0.960. The summed E-state index contributed by atoms with van der Waals surface area (Å²) in [5, 5.41) is 0. The van der Waals surface area contributed by atoms with Crippen LogP contribution in [0.15, 0.2) is 34.5 Å². The van der Waals surface area contributed by atoms with Gasteiger partial charge in [-0.3, -0.25) is 4.90 Å². The summed E-state index contributed by atoms with van der Waals surface area (Å²) in [6.45, 7) is 4.78. The molecule has 1 aromatic heterocycles. The Kier molecular flexibility index (Phi) is 6.43. The van der Waals surface area contributed by atoms with E-state index in [-0.39, 0.29) is 6.04 Å². The van der Waals surface area contributed by atoms with Crippen molar-refractivity contribution in [2.24, 2.45) is 11.8 Å². The van der Waals surface area contributed by atoms with E-state index >= 15 is 0 Å². The van der Waals surface area contributed by atoms with Crippen LogP contribution in [0.3, 0.4) is 0 Å². The molecule has 2 aromatic rings. The van der Waals surface area contributed by atoms with Gasteiger partial charge in [-0.05, 0) is 72.8 Å². The zero-order valence-corrected chi connectivity index (χ0v) is 19.9. The Morgan fingerprint density at radius 3 is 2.52 bits per heavy atom. The monoisotopic (exact) mass is 480 g/mol. The molecule has 3 aliphatic rings. The minimum absolute atomic E-state index is 0.00456. The van der Waals surface area contributed by atoms with E-state index in [1.54, 1.807) is 12.1 Å². The lowest BCUT2D eigenvalue weighted by atomic mass is 9.91. The maximum Gasteiger partial charge on any atom is 0.250 e. The molecule has 1 N–H and O–H groups in total. The van der Waals surface area contributed by atoms with Crippen LogP contribution in [0, 0.1) is 11.8 Å². The number of halogens is 1. The molecule has 31 heavy (non-hydrogen) atoms. The zero-order valence-electron chi connectivity index (χ0n) is 17.6. The van der Waals surface area contributed by atoms with Crippen LogP contribution in [0.25, 0.3) is 0 Å². The van der Waals surface area contributed by atoms with E-state index in [1.165, 1.54) is 16.7 Å². The molecule has 5 nitrogen and oxygen atoms in total. The Morgan fingerprint density at radius 1 is 1.06 bits per heavy atom. The average Bonchev–Trinajstić information content (AvgIpc) is 3.31. The molecule has 1 saturated carbocycles. The molecule has 0 amide bonds. The van der Waals surface area contributed by atoms with Gasteiger partial charge in [0, 0.05) is 25.7 Å². The highest BCUT2D eigenvalue weighted by molar-refractivity contribution is 7.91. The van der Waals surface area contributed by atoms with Crippen LogP contribution >= 0.6 is 22.9 Å². The number of nitrogens with one attached hydrogen (secondary N) is 1. The van der Waals surface area contributed by atoms with E-state index in [1.807, 2.05) is 0 Å². The number of sulfonamides is 1. The zero-order chi connectivity index (χ0) is 21.4. The fraction of sp³-hybridized carbons (Fsp3) is 0.565. The second-order valence-corrected chi connectivity index (χ2v) is 12.7. The molecule has 0 radical (unpaired) electrons. The lowest BCUT2D eigenvalue weighted by Gasteiger charge is -2.26. The van der Waals surface area contributed by atoms with Crippen molar-refractivity contribution in [3.8, 4) is 0 Å². The largest absolute Gasteiger partial charge is 0.379 e. The van der Waals surface area contributed by atoms with Crippen LogP contribution in [-0.4, -0.2) is 52.2 Å². The molecule has 5 rings (SSSR count). The molecule has 3 atom stereocenters. The van der Waals surface area contributed by atoms with Crippen LogP contribution in [0.4, 0.5) is 0 Å². The highest BCUT2D eigenvalue weighted by Crippen LogP contribution is 2.41. The number of benzene rings is 1. The number of hydrogen-bond donors (Lipinski definition) is 1. The third-order valence-electron chi connectivity index (χ3n) is 7.08. The molecule has 168 valence electrons. The first-order valence-corrected chi connectivity index (χ1v) is 13.8. The summed E-state index contributed by atoms with van der Waals surface area (Å²) in [5.41, 5.74) is 4.19. The molecule has 8 heteroatoms. The number of thiophene rings is 1. The average molecular weight is 481 g/mol. The van der Waals surface area contributed by atoms with Crippen molar-refractivity contribution >= 4 is 33.0 Å². The number of morpholine rings is 1. The standard InChI is InChI=1S/C23H29ClN2O3S2/c24-21-5-6-22(30-21)31(27,28)25-23-18-3-4-19(23)15-20-13-16(1-2-17(20)14-18)7-8-26-9-11-29-12-10-26/h1-2,5-6,13,18-19,23,25H,3-4,7-12,14-15H2. The number of ether oxygens (including phenoxy) is 1. The van der Waals surface area contributed by atoms with Gasteiger partial charge in [0.2, 0.25) is 10.0 Å². The van der Waals surface area contributed by atoms with E-state index in [0.29, 0.717) is 20.4 Å². The first-order valence-electron chi connectivity index (χ1n) is 11.2. The van der Waals surface area contributed by atoms with Crippen molar-refractivity contribution in [3.05, 3.63) is 51.4 Å². The highest BCUT2D eigenvalue weighted by Gasteiger charge is 2.41. The van der Waals surface area contributed by atoms with Crippen molar-refractivity contribution in [2.75, 3.05) is 32.8 Å². The fourth-order valence-electron chi connectivity index (χ4n) is 5.40. The van der Waals surface area contributed by atoms with Gasteiger partial charge in [-0.25, -0.2) is 13.1 Å². The van der Waals surface area contributed by atoms with E-state index in [4.69, 9.17) is 16.3 Å². The van der Waals surface area contributed by atoms with Gasteiger partial charge in [0.05, 0.1) is 17.6 Å². The molecule has 2 fully saturated rings. The Bertz CT molecular complexity index is 1030. The van der Waals surface area contributed by atoms with Crippen molar-refractivity contribution in [1.82, 2.24) is 9.62 Å². The molecule has 3 unspecified atom stereocenters. The summed E-state index contributed by atoms with van der Waals surface area (Å²) in [5.74, 6) is 0.710. The van der Waals surface area contributed by atoms with E-state index < -0.39 is 10.0 Å². The third kappa shape index (κ3) is 4.87. The number of hydrogen-bond acceptors (Lipinski definition) is 5. The van der Waals surface area contributed by atoms with Gasteiger partial charge in [0.25, 0.3) is 0 Å². The lowest BCUT2D eigenvalue weighted by Crippen LogP contribution is -2.41. The second kappa shape index (κ2) is 9.12. The maximum absolute atomic E-state index is 12.9. The summed E-state index contributed by atoms with van der Waals surface area (Å²) in [7, 11) is -3.53. The molecule has 1 aliphatic heterocycles. The summed E-state index contributed by atoms with van der Waals surface area (Å²) < 4.78 is 35.2. The summed E-state index contributed by atoms with van der Waals surface area (Å²) >= 11 is 7.09. The van der Waals surface area contributed by atoms with Gasteiger partial charge in [-0.2, -0.15) is 0 Å². The topological polar surface area (TPSA) is 58.6 Å². The summed E-state index contributed by atoms with van der Waals surface area (Å²) in [6.07, 6.45) is 5.13. The van der Waals surface area contributed by atoms with Gasteiger partial charge < -0.3 is 4.74 Å². The van der Waals surface area contributed by atoms with Crippen molar-refractivity contribution in [1.29, 1.82) is 0 Å². The van der Waals surface area contributed by atoms with E-state index in [9.17, 15) is 8.42 Å². The normalized spacial score (nSPS) is 26.5.